The van der Waals surface area contributed by atoms with E-state index in [1.54, 1.807) is 24.3 Å². The van der Waals surface area contributed by atoms with Gasteiger partial charge in [0.15, 0.2) is 11.5 Å². The number of benzene rings is 3. The molecule has 0 bridgehead atoms. The van der Waals surface area contributed by atoms with Crippen molar-refractivity contribution in [2.75, 3.05) is 26.1 Å². The maximum atomic E-state index is 12.8. The number of anilines is 1. The van der Waals surface area contributed by atoms with Crippen molar-refractivity contribution < 1.29 is 19.0 Å². The molecule has 0 atom stereocenters. The lowest BCUT2D eigenvalue weighted by atomic mass is 10.0. The smallest absolute Gasteiger partial charge is 0.266 e. The third kappa shape index (κ3) is 4.36. The molecule has 0 aromatic heterocycles. The first-order valence-electron chi connectivity index (χ1n) is 9.41. The summed E-state index contributed by atoms with van der Waals surface area (Å²) < 4.78 is 16.2. The molecule has 1 amide bonds. The predicted octanol–water partition coefficient (Wildman–Crippen LogP) is 4.80. The Labute approximate surface area is 175 Å². The summed E-state index contributed by atoms with van der Waals surface area (Å²) in [7, 11) is 3.05. The largest absolute Gasteiger partial charge is 0.493 e. The Hall–Kier alpha value is -3.98. The molecule has 3 aromatic rings. The summed E-state index contributed by atoms with van der Waals surface area (Å²) in [5, 5.41) is 14.3. The third-order valence-corrected chi connectivity index (χ3v) is 4.53. The topological polar surface area (TPSA) is 80.6 Å². The zero-order chi connectivity index (χ0) is 21.5. The molecule has 0 aliphatic heterocycles. The van der Waals surface area contributed by atoms with Gasteiger partial charge >= 0.3 is 0 Å². The van der Waals surface area contributed by atoms with Crippen molar-refractivity contribution in [2.45, 2.75) is 6.92 Å². The summed E-state index contributed by atoms with van der Waals surface area (Å²) in [6.45, 7) is 2.36. The predicted molar refractivity (Wildman–Crippen MR) is 117 cm³/mol. The Bertz CT molecular complexity index is 1150. The lowest BCUT2D eigenvalue weighted by Gasteiger charge is -2.12. The lowest BCUT2D eigenvalue weighted by molar-refractivity contribution is -0.112. The van der Waals surface area contributed by atoms with Gasteiger partial charge in [-0.3, -0.25) is 4.79 Å². The molecule has 0 saturated carbocycles. The van der Waals surface area contributed by atoms with Crippen molar-refractivity contribution in [1.29, 1.82) is 5.26 Å². The number of hydrogen-bond donors (Lipinski definition) is 1. The minimum atomic E-state index is -0.528. The molecule has 0 saturated heterocycles. The molecule has 6 nitrogen and oxygen atoms in total. The van der Waals surface area contributed by atoms with E-state index in [4.69, 9.17) is 14.2 Å². The zero-order valence-electron chi connectivity index (χ0n) is 17.1. The molecule has 0 heterocycles. The number of amides is 1. The molecule has 3 aromatic carbocycles. The van der Waals surface area contributed by atoms with Gasteiger partial charge in [-0.15, -0.1) is 0 Å². The highest BCUT2D eigenvalue weighted by Crippen LogP contribution is 2.32. The maximum absolute atomic E-state index is 12.8. The normalized spacial score (nSPS) is 10.9. The van der Waals surface area contributed by atoms with Crippen LogP contribution in [0.2, 0.25) is 0 Å². The van der Waals surface area contributed by atoms with Crippen LogP contribution in [0, 0.1) is 11.3 Å². The van der Waals surface area contributed by atoms with Crippen molar-refractivity contribution >= 4 is 28.4 Å². The number of hydrogen-bond acceptors (Lipinski definition) is 5. The van der Waals surface area contributed by atoms with Crippen molar-refractivity contribution in [3.63, 3.8) is 0 Å². The Balaban J connectivity index is 1.99. The Morgan fingerprint density at radius 2 is 1.77 bits per heavy atom. The second kappa shape index (κ2) is 9.48. The molecule has 152 valence electrons. The highest BCUT2D eigenvalue weighted by molar-refractivity contribution is 6.11. The van der Waals surface area contributed by atoms with Gasteiger partial charge in [0.05, 0.1) is 20.8 Å². The van der Waals surface area contributed by atoms with Gasteiger partial charge in [-0.25, -0.2) is 0 Å². The number of fused-ring (bicyclic) bond motifs is 1. The van der Waals surface area contributed by atoms with Crippen LogP contribution in [0.15, 0.2) is 60.2 Å². The Morgan fingerprint density at radius 3 is 2.47 bits per heavy atom. The van der Waals surface area contributed by atoms with E-state index in [-0.39, 0.29) is 5.57 Å². The van der Waals surface area contributed by atoms with E-state index in [1.165, 1.54) is 14.2 Å². The lowest BCUT2D eigenvalue weighted by Crippen LogP contribution is -2.13. The van der Waals surface area contributed by atoms with Gasteiger partial charge in [0.25, 0.3) is 5.91 Å². The molecule has 0 aliphatic rings. The summed E-state index contributed by atoms with van der Waals surface area (Å²) in [5.41, 5.74) is 1.14. The van der Waals surface area contributed by atoms with E-state index in [0.29, 0.717) is 35.1 Å². The molecule has 0 unspecified atom stereocenters. The minimum absolute atomic E-state index is 0.0397. The number of methoxy groups -OCH3 is 2. The molecule has 0 fully saturated rings. The second-order valence-electron chi connectivity index (χ2n) is 6.33. The molecule has 0 spiro atoms. The van der Waals surface area contributed by atoms with Gasteiger partial charge in [-0.1, -0.05) is 30.3 Å². The summed E-state index contributed by atoms with van der Waals surface area (Å²) in [4.78, 5) is 12.8. The van der Waals surface area contributed by atoms with Crippen LogP contribution in [0.4, 0.5) is 5.69 Å². The van der Waals surface area contributed by atoms with Crippen LogP contribution < -0.4 is 19.5 Å². The second-order valence-corrected chi connectivity index (χ2v) is 6.33. The fraction of sp³-hybridized carbons (Fsp3) is 0.167. The molecule has 0 radical (unpaired) electrons. The molecule has 30 heavy (non-hydrogen) atoms. The van der Waals surface area contributed by atoms with Crippen molar-refractivity contribution in [3.05, 3.63) is 65.7 Å². The molecule has 6 heteroatoms. The van der Waals surface area contributed by atoms with E-state index in [2.05, 4.69) is 5.32 Å². The number of nitrogens with one attached hydrogen (secondary N) is 1. The maximum Gasteiger partial charge on any atom is 0.266 e. The summed E-state index contributed by atoms with van der Waals surface area (Å²) in [6.07, 6.45) is 1.56. The average Bonchev–Trinajstić information content (AvgIpc) is 2.78. The van der Waals surface area contributed by atoms with Gasteiger partial charge in [0.2, 0.25) is 0 Å². The Morgan fingerprint density at radius 1 is 1.03 bits per heavy atom. The molecule has 1 N–H and O–H groups in total. The van der Waals surface area contributed by atoms with Crippen molar-refractivity contribution in [3.8, 4) is 23.3 Å². The average molecular weight is 402 g/mol. The highest BCUT2D eigenvalue weighted by Gasteiger charge is 2.14. The van der Waals surface area contributed by atoms with Gasteiger partial charge < -0.3 is 19.5 Å². The first kappa shape index (κ1) is 20.7. The quantitative estimate of drug-likeness (QED) is 0.453. The van der Waals surface area contributed by atoms with Crippen LogP contribution in [0.1, 0.15) is 12.5 Å². The van der Waals surface area contributed by atoms with Crippen molar-refractivity contribution in [2.24, 2.45) is 0 Å². The third-order valence-electron chi connectivity index (χ3n) is 4.53. The first-order valence-corrected chi connectivity index (χ1v) is 9.41. The van der Waals surface area contributed by atoms with Crippen molar-refractivity contribution in [1.82, 2.24) is 0 Å². The minimum Gasteiger partial charge on any atom is -0.493 e. The van der Waals surface area contributed by atoms with Crippen LogP contribution in [0.25, 0.3) is 16.8 Å². The molecular formula is C24H22N2O4. The molecular weight excluding hydrogens is 380 g/mol. The number of nitriles is 1. The van der Waals surface area contributed by atoms with Crippen LogP contribution in [-0.2, 0) is 4.79 Å². The number of nitrogens with zero attached hydrogens (tertiary/aromatic N) is 1. The van der Waals surface area contributed by atoms with Gasteiger partial charge in [0, 0.05) is 17.3 Å². The van der Waals surface area contributed by atoms with Gasteiger partial charge in [0.1, 0.15) is 17.4 Å². The summed E-state index contributed by atoms with van der Waals surface area (Å²) in [6, 6.07) is 18.5. The SMILES string of the molecule is CCOc1ccc2ccccc2c1/C=C(\C#N)C(=O)Nc1ccc(OC)c(OC)c1. The number of rotatable bonds is 7. The monoisotopic (exact) mass is 402 g/mol. The molecule has 3 rings (SSSR count). The van der Waals surface area contributed by atoms with E-state index < -0.39 is 5.91 Å². The van der Waals surface area contributed by atoms with Gasteiger partial charge in [-0.05, 0) is 42.0 Å². The fourth-order valence-electron chi connectivity index (χ4n) is 3.11. The fourth-order valence-corrected chi connectivity index (χ4v) is 3.11. The zero-order valence-corrected chi connectivity index (χ0v) is 17.1. The van der Waals surface area contributed by atoms with E-state index in [9.17, 15) is 10.1 Å². The number of ether oxygens (including phenoxy) is 3. The number of carbonyl (C=O) groups is 1. The van der Waals surface area contributed by atoms with Gasteiger partial charge in [-0.2, -0.15) is 5.26 Å². The standard InChI is InChI=1S/C24H22N2O4/c1-4-30-21-11-9-16-7-5-6-8-19(16)20(21)13-17(15-25)24(27)26-18-10-12-22(28-2)23(14-18)29-3/h5-14H,4H2,1-3H3,(H,26,27)/b17-13+. The van der Waals surface area contributed by atoms with Crippen LogP contribution in [0.5, 0.6) is 17.2 Å². The molecule has 0 aliphatic carbocycles. The van der Waals surface area contributed by atoms with Crippen LogP contribution in [-0.4, -0.2) is 26.7 Å². The van der Waals surface area contributed by atoms with E-state index in [1.807, 2.05) is 49.4 Å². The number of carbonyl (C=O) groups excluding carboxylic acids is 1. The highest BCUT2D eigenvalue weighted by atomic mass is 16.5. The van der Waals surface area contributed by atoms with E-state index >= 15 is 0 Å². The first-order chi connectivity index (χ1) is 14.6. The summed E-state index contributed by atoms with van der Waals surface area (Å²) in [5.74, 6) is 1.11. The van der Waals surface area contributed by atoms with E-state index in [0.717, 1.165) is 10.8 Å². The summed E-state index contributed by atoms with van der Waals surface area (Å²) >= 11 is 0. The Kier molecular flexibility index (Phi) is 6.56. The van der Waals surface area contributed by atoms with Crippen LogP contribution >= 0.6 is 0 Å². The van der Waals surface area contributed by atoms with Crippen LogP contribution in [0.3, 0.4) is 0 Å².